The van der Waals surface area contributed by atoms with E-state index >= 15 is 0 Å². The molecule has 1 saturated heterocycles. The SMILES string of the molecule is CCCCCC(=O)N1CCCC[C@@H]1C(=O)OC. The number of rotatable bonds is 5. The smallest absolute Gasteiger partial charge is 0.328 e. The Morgan fingerprint density at radius 1 is 1.29 bits per heavy atom. The Morgan fingerprint density at radius 3 is 2.71 bits per heavy atom. The fraction of sp³-hybridized carbons (Fsp3) is 0.846. The highest BCUT2D eigenvalue weighted by atomic mass is 16.5. The first kappa shape index (κ1) is 14.0. The summed E-state index contributed by atoms with van der Waals surface area (Å²) in [5.41, 5.74) is 0. The van der Waals surface area contributed by atoms with Crippen LogP contribution in [0, 0.1) is 0 Å². The van der Waals surface area contributed by atoms with E-state index in [1.54, 1.807) is 4.90 Å². The van der Waals surface area contributed by atoms with Crippen molar-refractivity contribution in [2.45, 2.75) is 57.9 Å². The first-order valence-electron chi connectivity index (χ1n) is 6.58. The van der Waals surface area contributed by atoms with Gasteiger partial charge in [-0.25, -0.2) is 4.79 Å². The predicted octanol–water partition coefficient (Wildman–Crippen LogP) is 2.12. The second kappa shape index (κ2) is 7.30. The van der Waals surface area contributed by atoms with E-state index < -0.39 is 0 Å². The number of carbonyl (C=O) groups excluding carboxylic acids is 2. The number of methoxy groups -OCH3 is 1. The summed E-state index contributed by atoms with van der Waals surface area (Å²) in [5.74, 6) is -0.165. The standard InChI is InChI=1S/C13H23NO3/c1-3-4-5-9-12(15)14-10-7-6-8-11(14)13(16)17-2/h11H,3-10H2,1-2H3/t11-/m1/s1. The first-order valence-corrected chi connectivity index (χ1v) is 6.58. The van der Waals surface area contributed by atoms with Crippen LogP contribution in [0.2, 0.25) is 0 Å². The lowest BCUT2D eigenvalue weighted by Gasteiger charge is -2.33. The average molecular weight is 241 g/mol. The summed E-state index contributed by atoms with van der Waals surface area (Å²) in [6, 6.07) is -0.345. The van der Waals surface area contributed by atoms with Crippen molar-refractivity contribution in [2.24, 2.45) is 0 Å². The molecule has 0 unspecified atom stereocenters. The van der Waals surface area contributed by atoms with Gasteiger partial charge in [-0.15, -0.1) is 0 Å². The molecule has 4 heteroatoms. The Balaban J connectivity index is 2.52. The number of hydrogen-bond acceptors (Lipinski definition) is 3. The van der Waals surface area contributed by atoms with Gasteiger partial charge in [0, 0.05) is 13.0 Å². The third kappa shape index (κ3) is 4.02. The number of piperidine rings is 1. The molecule has 0 aromatic carbocycles. The van der Waals surface area contributed by atoms with Gasteiger partial charge >= 0.3 is 5.97 Å². The Morgan fingerprint density at radius 2 is 2.06 bits per heavy atom. The normalized spacial score (nSPS) is 20.1. The van der Waals surface area contributed by atoms with Crippen LogP contribution in [0.25, 0.3) is 0 Å². The fourth-order valence-corrected chi connectivity index (χ4v) is 2.28. The van der Waals surface area contributed by atoms with Crippen LogP contribution < -0.4 is 0 Å². The fourth-order valence-electron chi connectivity index (χ4n) is 2.28. The lowest BCUT2D eigenvalue weighted by molar-refractivity contribution is -0.154. The predicted molar refractivity (Wildman–Crippen MR) is 65.5 cm³/mol. The van der Waals surface area contributed by atoms with E-state index in [0.29, 0.717) is 13.0 Å². The Bertz CT molecular complexity index is 265. The van der Waals surface area contributed by atoms with Crippen LogP contribution in [0.5, 0.6) is 0 Å². The molecular formula is C13H23NO3. The molecule has 1 aliphatic rings. The van der Waals surface area contributed by atoms with Gasteiger partial charge in [-0.1, -0.05) is 19.8 Å². The van der Waals surface area contributed by atoms with E-state index in [9.17, 15) is 9.59 Å². The van der Waals surface area contributed by atoms with Crippen LogP contribution in [0.15, 0.2) is 0 Å². The minimum atomic E-state index is -0.345. The maximum Gasteiger partial charge on any atom is 0.328 e. The van der Waals surface area contributed by atoms with Crippen LogP contribution >= 0.6 is 0 Å². The van der Waals surface area contributed by atoms with Gasteiger partial charge in [0.15, 0.2) is 0 Å². The summed E-state index contributed by atoms with van der Waals surface area (Å²) in [4.78, 5) is 25.3. The number of amides is 1. The highest BCUT2D eigenvalue weighted by molar-refractivity contribution is 5.84. The number of nitrogens with zero attached hydrogens (tertiary/aromatic N) is 1. The quantitative estimate of drug-likeness (QED) is 0.547. The zero-order chi connectivity index (χ0) is 12.7. The van der Waals surface area contributed by atoms with E-state index in [1.165, 1.54) is 7.11 Å². The Labute approximate surface area is 103 Å². The number of hydrogen-bond donors (Lipinski definition) is 0. The molecule has 0 spiro atoms. The summed E-state index contributed by atoms with van der Waals surface area (Å²) in [7, 11) is 1.39. The van der Waals surface area contributed by atoms with E-state index in [2.05, 4.69) is 6.92 Å². The van der Waals surface area contributed by atoms with Gasteiger partial charge in [0.1, 0.15) is 6.04 Å². The van der Waals surface area contributed by atoms with E-state index in [1.807, 2.05) is 0 Å². The molecule has 1 atom stereocenters. The molecule has 17 heavy (non-hydrogen) atoms. The summed E-state index contributed by atoms with van der Waals surface area (Å²) >= 11 is 0. The van der Waals surface area contributed by atoms with Crippen molar-refractivity contribution in [1.29, 1.82) is 0 Å². The molecule has 4 nitrogen and oxygen atoms in total. The topological polar surface area (TPSA) is 46.6 Å². The monoisotopic (exact) mass is 241 g/mol. The molecule has 0 saturated carbocycles. The van der Waals surface area contributed by atoms with Gasteiger partial charge in [-0.05, 0) is 25.7 Å². The molecule has 0 radical (unpaired) electrons. The zero-order valence-electron chi connectivity index (χ0n) is 10.9. The van der Waals surface area contributed by atoms with Gasteiger partial charge in [0.2, 0.25) is 5.91 Å². The van der Waals surface area contributed by atoms with E-state index in [4.69, 9.17) is 4.74 Å². The summed E-state index contributed by atoms with van der Waals surface area (Å²) < 4.78 is 4.76. The molecule has 0 bridgehead atoms. The van der Waals surface area contributed by atoms with Crippen LogP contribution in [0.3, 0.4) is 0 Å². The number of likely N-dealkylation sites (tertiary alicyclic amines) is 1. The molecule has 1 fully saturated rings. The van der Waals surface area contributed by atoms with Gasteiger partial charge in [0.25, 0.3) is 0 Å². The number of esters is 1. The van der Waals surface area contributed by atoms with E-state index in [0.717, 1.165) is 38.5 Å². The minimum Gasteiger partial charge on any atom is -0.467 e. The molecule has 1 amide bonds. The van der Waals surface area contributed by atoms with Gasteiger partial charge in [-0.2, -0.15) is 0 Å². The Kier molecular flexibility index (Phi) is 6.01. The molecule has 1 aliphatic heterocycles. The van der Waals surface area contributed by atoms with Crippen molar-refractivity contribution in [3.63, 3.8) is 0 Å². The van der Waals surface area contributed by atoms with Gasteiger partial charge in [-0.3, -0.25) is 4.79 Å². The molecule has 98 valence electrons. The van der Waals surface area contributed by atoms with E-state index in [-0.39, 0.29) is 17.9 Å². The maximum atomic E-state index is 12.0. The largest absolute Gasteiger partial charge is 0.467 e. The minimum absolute atomic E-state index is 0.105. The number of unbranched alkanes of at least 4 members (excludes halogenated alkanes) is 2. The second-order valence-corrected chi connectivity index (χ2v) is 4.58. The van der Waals surface area contributed by atoms with Crippen LogP contribution in [-0.4, -0.2) is 36.5 Å². The number of ether oxygens (including phenoxy) is 1. The van der Waals surface area contributed by atoms with Gasteiger partial charge < -0.3 is 9.64 Å². The van der Waals surface area contributed by atoms with Crippen molar-refractivity contribution in [3.05, 3.63) is 0 Å². The van der Waals surface area contributed by atoms with Crippen LogP contribution in [0.4, 0.5) is 0 Å². The van der Waals surface area contributed by atoms with Gasteiger partial charge in [0.05, 0.1) is 7.11 Å². The molecule has 0 aliphatic carbocycles. The summed E-state index contributed by atoms with van der Waals surface area (Å²) in [5, 5.41) is 0. The third-order valence-corrected chi connectivity index (χ3v) is 3.29. The Hall–Kier alpha value is -1.06. The molecule has 0 aromatic rings. The summed E-state index contributed by atoms with van der Waals surface area (Å²) in [6.07, 6.45) is 6.38. The molecule has 0 aromatic heterocycles. The molecule has 1 heterocycles. The highest BCUT2D eigenvalue weighted by Crippen LogP contribution is 2.19. The second-order valence-electron chi connectivity index (χ2n) is 4.58. The molecule has 1 rings (SSSR count). The molecular weight excluding hydrogens is 218 g/mol. The van der Waals surface area contributed by atoms with Crippen molar-refractivity contribution in [1.82, 2.24) is 4.90 Å². The lowest BCUT2D eigenvalue weighted by Crippen LogP contribution is -2.48. The van der Waals surface area contributed by atoms with Crippen molar-refractivity contribution >= 4 is 11.9 Å². The summed E-state index contributed by atoms with van der Waals surface area (Å²) in [6.45, 7) is 2.81. The zero-order valence-corrected chi connectivity index (χ0v) is 10.9. The average Bonchev–Trinajstić information content (AvgIpc) is 2.38. The van der Waals surface area contributed by atoms with Crippen molar-refractivity contribution < 1.29 is 14.3 Å². The molecule has 0 N–H and O–H groups in total. The maximum absolute atomic E-state index is 12.0. The van der Waals surface area contributed by atoms with Crippen LogP contribution in [-0.2, 0) is 14.3 Å². The van der Waals surface area contributed by atoms with Crippen molar-refractivity contribution in [2.75, 3.05) is 13.7 Å². The third-order valence-electron chi connectivity index (χ3n) is 3.29. The van der Waals surface area contributed by atoms with Crippen LogP contribution in [0.1, 0.15) is 51.9 Å². The van der Waals surface area contributed by atoms with Crippen molar-refractivity contribution in [3.8, 4) is 0 Å². The highest BCUT2D eigenvalue weighted by Gasteiger charge is 2.32. The lowest BCUT2D eigenvalue weighted by atomic mass is 10.0. The number of carbonyl (C=O) groups is 2. The first-order chi connectivity index (χ1) is 8.20.